The third kappa shape index (κ3) is 2.07. The minimum atomic E-state index is 0.184. The van der Waals surface area contributed by atoms with Crippen LogP contribution in [0.5, 0.6) is 0 Å². The maximum atomic E-state index is 5.85. The molecule has 0 amide bonds. The van der Waals surface area contributed by atoms with Crippen LogP contribution in [0.4, 0.5) is 0 Å². The molecule has 3 heteroatoms. The van der Waals surface area contributed by atoms with Crippen LogP contribution in [-0.2, 0) is 11.8 Å². The van der Waals surface area contributed by atoms with E-state index in [1.807, 2.05) is 19.3 Å². The van der Waals surface area contributed by atoms with Gasteiger partial charge in [-0.2, -0.15) is 0 Å². The number of nitrogens with two attached hydrogens (primary N) is 1. The van der Waals surface area contributed by atoms with Gasteiger partial charge in [-0.15, -0.1) is 0 Å². The standard InChI is InChI=1S/C17H25N3/c1-11(18)2-15-9-19-16(20-10-15)17-6-12-3-13(7-17)5-14(4-12)8-17/h9-14H,2-8,18H2,1H3. The van der Waals surface area contributed by atoms with E-state index < -0.39 is 0 Å². The fourth-order valence-electron chi connectivity index (χ4n) is 5.49. The summed E-state index contributed by atoms with van der Waals surface area (Å²) in [7, 11) is 0. The molecule has 4 saturated carbocycles. The summed E-state index contributed by atoms with van der Waals surface area (Å²) in [5.41, 5.74) is 7.35. The second-order valence-corrected chi connectivity index (χ2v) is 7.79. The minimum absolute atomic E-state index is 0.184. The second kappa shape index (κ2) is 4.52. The average molecular weight is 271 g/mol. The largest absolute Gasteiger partial charge is 0.328 e. The second-order valence-electron chi connectivity index (χ2n) is 7.79. The first-order chi connectivity index (χ1) is 9.63. The van der Waals surface area contributed by atoms with Crippen LogP contribution in [0.15, 0.2) is 12.4 Å². The van der Waals surface area contributed by atoms with Crippen LogP contribution in [0, 0.1) is 17.8 Å². The van der Waals surface area contributed by atoms with E-state index in [2.05, 4.69) is 0 Å². The van der Waals surface area contributed by atoms with Crippen molar-refractivity contribution in [2.45, 2.75) is 63.3 Å². The molecule has 0 radical (unpaired) electrons. The van der Waals surface area contributed by atoms with Gasteiger partial charge in [-0.1, -0.05) is 0 Å². The zero-order valence-electron chi connectivity index (χ0n) is 12.4. The Labute approximate surface area is 121 Å². The molecule has 4 fully saturated rings. The number of aromatic nitrogens is 2. The molecule has 0 saturated heterocycles. The van der Waals surface area contributed by atoms with Crippen LogP contribution in [0.3, 0.4) is 0 Å². The van der Waals surface area contributed by atoms with Crippen molar-refractivity contribution in [3.8, 4) is 0 Å². The molecule has 1 aromatic heterocycles. The van der Waals surface area contributed by atoms with Crippen LogP contribution < -0.4 is 5.73 Å². The molecule has 4 bridgehead atoms. The lowest BCUT2D eigenvalue weighted by Crippen LogP contribution is -2.49. The van der Waals surface area contributed by atoms with Crippen molar-refractivity contribution in [3.63, 3.8) is 0 Å². The number of hydrogen-bond donors (Lipinski definition) is 1. The predicted octanol–water partition coefficient (Wildman–Crippen LogP) is 2.83. The summed E-state index contributed by atoms with van der Waals surface area (Å²) in [5.74, 6) is 3.99. The number of rotatable bonds is 3. The van der Waals surface area contributed by atoms with Crippen molar-refractivity contribution in [3.05, 3.63) is 23.8 Å². The maximum Gasteiger partial charge on any atom is 0.134 e. The molecule has 2 N–H and O–H groups in total. The Balaban J connectivity index is 1.60. The summed E-state index contributed by atoms with van der Waals surface area (Å²) in [6.07, 6.45) is 13.4. The van der Waals surface area contributed by atoms with Gasteiger partial charge < -0.3 is 5.73 Å². The topological polar surface area (TPSA) is 51.8 Å². The van der Waals surface area contributed by atoms with Gasteiger partial charge in [0.2, 0.25) is 0 Å². The predicted molar refractivity (Wildman–Crippen MR) is 79.2 cm³/mol. The Morgan fingerprint density at radius 2 is 1.60 bits per heavy atom. The van der Waals surface area contributed by atoms with Gasteiger partial charge in [0.1, 0.15) is 5.82 Å². The Kier molecular flexibility index (Phi) is 2.88. The SMILES string of the molecule is CC(N)Cc1cnc(C23CC4CC(CC(C4)C2)C3)nc1. The monoisotopic (exact) mass is 271 g/mol. The third-order valence-electron chi connectivity index (χ3n) is 5.78. The smallest absolute Gasteiger partial charge is 0.134 e. The molecule has 5 rings (SSSR count). The summed E-state index contributed by atoms with van der Waals surface area (Å²) in [5, 5.41) is 0. The molecule has 1 unspecified atom stereocenters. The summed E-state index contributed by atoms with van der Waals surface area (Å²) >= 11 is 0. The summed E-state index contributed by atoms with van der Waals surface area (Å²) in [6, 6.07) is 0.184. The number of nitrogens with zero attached hydrogens (tertiary/aromatic N) is 2. The fourth-order valence-corrected chi connectivity index (χ4v) is 5.49. The van der Waals surface area contributed by atoms with Crippen LogP contribution >= 0.6 is 0 Å². The Morgan fingerprint density at radius 1 is 1.10 bits per heavy atom. The van der Waals surface area contributed by atoms with Crippen LogP contribution in [0.1, 0.15) is 56.8 Å². The highest BCUT2D eigenvalue weighted by atomic mass is 14.9. The van der Waals surface area contributed by atoms with E-state index in [9.17, 15) is 0 Å². The quantitative estimate of drug-likeness (QED) is 0.919. The molecule has 0 aromatic carbocycles. The van der Waals surface area contributed by atoms with Gasteiger partial charge in [0.25, 0.3) is 0 Å². The lowest BCUT2D eigenvalue weighted by molar-refractivity contribution is -0.00942. The lowest BCUT2D eigenvalue weighted by Gasteiger charge is -2.55. The Hall–Kier alpha value is -0.960. The van der Waals surface area contributed by atoms with Crippen molar-refractivity contribution in [1.29, 1.82) is 0 Å². The van der Waals surface area contributed by atoms with Gasteiger partial charge in [0.05, 0.1) is 0 Å². The first kappa shape index (κ1) is 12.8. The van der Waals surface area contributed by atoms with Crippen molar-refractivity contribution >= 4 is 0 Å². The first-order valence-corrected chi connectivity index (χ1v) is 8.20. The molecule has 1 heterocycles. The van der Waals surface area contributed by atoms with E-state index in [0.29, 0.717) is 5.41 Å². The van der Waals surface area contributed by atoms with E-state index in [0.717, 1.165) is 30.0 Å². The molecule has 4 aliphatic carbocycles. The molecule has 0 aliphatic heterocycles. The van der Waals surface area contributed by atoms with E-state index in [1.165, 1.54) is 44.1 Å². The van der Waals surface area contributed by atoms with Gasteiger partial charge in [-0.3, -0.25) is 0 Å². The highest BCUT2D eigenvalue weighted by Crippen LogP contribution is 2.59. The number of hydrogen-bond acceptors (Lipinski definition) is 3. The Bertz CT molecular complexity index is 456. The summed E-state index contributed by atoms with van der Waals surface area (Å²) in [4.78, 5) is 9.51. The highest BCUT2D eigenvalue weighted by Gasteiger charge is 2.53. The molecule has 0 spiro atoms. The van der Waals surface area contributed by atoms with Crippen molar-refractivity contribution in [1.82, 2.24) is 9.97 Å². The zero-order valence-corrected chi connectivity index (χ0v) is 12.4. The van der Waals surface area contributed by atoms with Gasteiger partial charge in [-0.25, -0.2) is 9.97 Å². The fraction of sp³-hybridized carbons (Fsp3) is 0.765. The summed E-state index contributed by atoms with van der Waals surface area (Å²) in [6.45, 7) is 2.03. The molecule has 1 atom stereocenters. The molecule has 4 aliphatic rings. The third-order valence-corrected chi connectivity index (χ3v) is 5.78. The van der Waals surface area contributed by atoms with Crippen LogP contribution in [0.25, 0.3) is 0 Å². The molecular weight excluding hydrogens is 246 g/mol. The van der Waals surface area contributed by atoms with Crippen molar-refractivity contribution < 1.29 is 0 Å². The highest BCUT2D eigenvalue weighted by molar-refractivity contribution is 5.19. The van der Waals surface area contributed by atoms with Gasteiger partial charge >= 0.3 is 0 Å². The first-order valence-electron chi connectivity index (χ1n) is 8.20. The molecular formula is C17H25N3. The van der Waals surface area contributed by atoms with E-state index in [4.69, 9.17) is 15.7 Å². The maximum absolute atomic E-state index is 5.85. The molecule has 1 aromatic rings. The minimum Gasteiger partial charge on any atom is -0.328 e. The van der Waals surface area contributed by atoms with Crippen LogP contribution in [0.2, 0.25) is 0 Å². The molecule has 108 valence electrons. The van der Waals surface area contributed by atoms with Crippen LogP contribution in [-0.4, -0.2) is 16.0 Å². The van der Waals surface area contributed by atoms with Gasteiger partial charge in [-0.05, 0) is 75.2 Å². The van der Waals surface area contributed by atoms with E-state index in [1.54, 1.807) is 0 Å². The molecule has 3 nitrogen and oxygen atoms in total. The normalized spacial score (nSPS) is 40.0. The van der Waals surface area contributed by atoms with Crippen molar-refractivity contribution in [2.24, 2.45) is 23.5 Å². The molecule has 20 heavy (non-hydrogen) atoms. The van der Waals surface area contributed by atoms with Crippen molar-refractivity contribution in [2.75, 3.05) is 0 Å². The summed E-state index contributed by atoms with van der Waals surface area (Å²) < 4.78 is 0. The van der Waals surface area contributed by atoms with E-state index in [-0.39, 0.29) is 6.04 Å². The Morgan fingerprint density at radius 3 is 2.05 bits per heavy atom. The van der Waals surface area contributed by atoms with Gasteiger partial charge in [0, 0.05) is 23.9 Å². The average Bonchev–Trinajstić information content (AvgIpc) is 2.37. The van der Waals surface area contributed by atoms with E-state index >= 15 is 0 Å². The van der Waals surface area contributed by atoms with Gasteiger partial charge in [0.15, 0.2) is 0 Å². The zero-order chi connectivity index (χ0) is 13.7. The lowest BCUT2D eigenvalue weighted by atomic mass is 9.49.